The predicted molar refractivity (Wildman–Crippen MR) is 61.3 cm³/mol. The fourth-order valence-electron chi connectivity index (χ4n) is 1.41. The Labute approximate surface area is 103 Å². The smallest absolute Gasteiger partial charge is 0.221 e. The van der Waals surface area contributed by atoms with E-state index in [1.807, 2.05) is 0 Å². The number of nitrogens with zero attached hydrogens (tertiary/aromatic N) is 2. The molecule has 1 aromatic carbocycles. The van der Waals surface area contributed by atoms with Crippen LogP contribution in [0.1, 0.15) is 17.3 Å². The van der Waals surface area contributed by atoms with Crippen molar-refractivity contribution in [2.75, 3.05) is 6.54 Å². The highest BCUT2D eigenvalue weighted by atomic mass is 35.5. The molecule has 1 heterocycles. The van der Waals surface area contributed by atoms with E-state index in [1.54, 1.807) is 12.1 Å². The van der Waals surface area contributed by atoms with E-state index in [-0.39, 0.29) is 12.2 Å². The van der Waals surface area contributed by atoms with Crippen molar-refractivity contribution in [2.24, 2.45) is 5.73 Å². The van der Waals surface area contributed by atoms with Crippen molar-refractivity contribution < 1.29 is 8.81 Å². The summed E-state index contributed by atoms with van der Waals surface area (Å²) in [5, 5.41) is 7.99. The zero-order valence-electron chi connectivity index (χ0n) is 8.99. The molecular weight excluding hydrogens is 245 g/mol. The second kappa shape index (κ2) is 5.25. The molecule has 0 saturated carbocycles. The number of nitrogens with two attached hydrogens (primary N) is 1. The molecule has 17 heavy (non-hydrogen) atoms. The Hall–Kier alpha value is -1.46. The molecule has 0 fully saturated rings. The molecule has 0 amide bonds. The molecule has 1 aromatic heterocycles. The molecule has 6 heteroatoms. The van der Waals surface area contributed by atoms with Crippen LogP contribution in [0.25, 0.3) is 0 Å². The van der Waals surface area contributed by atoms with Crippen LogP contribution >= 0.6 is 11.6 Å². The van der Waals surface area contributed by atoms with Gasteiger partial charge in [0.1, 0.15) is 5.82 Å². The zero-order chi connectivity index (χ0) is 12.3. The van der Waals surface area contributed by atoms with Gasteiger partial charge < -0.3 is 10.2 Å². The number of aromatic nitrogens is 2. The van der Waals surface area contributed by atoms with Crippen molar-refractivity contribution in [3.05, 3.63) is 46.4 Å². The molecule has 0 aliphatic rings. The number of halogens is 2. The SMILES string of the molecule is NCCc1nnc(Cc2ccc(Cl)cc2F)o1. The minimum atomic E-state index is -0.379. The molecule has 0 atom stereocenters. The first-order valence-electron chi connectivity index (χ1n) is 5.14. The Morgan fingerprint density at radius 2 is 2.06 bits per heavy atom. The van der Waals surface area contributed by atoms with Crippen molar-refractivity contribution in [1.82, 2.24) is 10.2 Å². The van der Waals surface area contributed by atoms with Crippen LogP contribution < -0.4 is 5.73 Å². The third-order valence-corrected chi connectivity index (χ3v) is 2.46. The molecule has 0 bridgehead atoms. The van der Waals surface area contributed by atoms with Crippen LogP contribution in [0, 0.1) is 5.82 Å². The summed E-state index contributed by atoms with van der Waals surface area (Å²) in [5.41, 5.74) is 5.83. The van der Waals surface area contributed by atoms with E-state index >= 15 is 0 Å². The van der Waals surface area contributed by atoms with Crippen molar-refractivity contribution in [1.29, 1.82) is 0 Å². The molecule has 2 N–H and O–H groups in total. The van der Waals surface area contributed by atoms with E-state index in [4.69, 9.17) is 21.8 Å². The first kappa shape index (κ1) is 12.0. The fraction of sp³-hybridized carbons (Fsp3) is 0.273. The van der Waals surface area contributed by atoms with E-state index < -0.39 is 0 Å². The van der Waals surface area contributed by atoms with Gasteiger partial charge in [-0.25, -0.2) is 4.39 Å². The average Bonchev–Trinajstić information content (AvgIpc) is 2.71. The second-order valence-electron chi connectivity index (χ2n) is 3.54. The summed E-state index contributed by atoms with van der Waals surface area (Å²) >= 11 is 5.66. The normalized spacial score (nSPS) is 10.8. The van der Waals surface area contributed by atoms with Gasteiger partial charge in [-0.05, 0) is 17.7 Å². The van der Waals surface area contributed by atoms with Crippen LogP contribution in [0.2, 0.25) is 5.02 Å². The largest absolute Gasteiger partial charge is 0.425 e. The Kier molecular flexibility index (Phi) is 3.71. The molecule has 0 unspecified atom stereocenters. The summed E-state index contributed by atoms with van der Waals surface area (Å²) in [6.07, 6.45) is 0.774. The lowest BCUT2D eigenvalue weighted by Gasteiger charge is -1.99. The van der Waals surface area contributed by atoms with Gasteiger partial charge in [0.25, 0.3) is 0 Å². The molecular formula is C11H11ClFN3O. The fourth-order valence-corrected chi connectivity index (χ4v) is 1.57. The number of benzene rings is 1. The van der Waals surface area contributed by atoms with Gasteiger partial charge in [0.2, 0.25) is 11.8 Å². The van der Waals surface area contributed by atoms with Crippen LogP contribution in [-0.4, -0.2) is 16.7 Å². The van der Waals surface area contributed by atoms with E-state index in [9.17, 15) is 4.39 Å². The summed E-state index contributed by atoms with van der Waals surface area (Å²) < 4.78 is 18.8. The molecule has 2 aromatic rings. The molecule has 2 rings (SSSR count). The standard InChI is InChI=1S/C11H11ClFN3O/c12-8-2-1-7(9(13)6-8)5-11-16-15-10(17-11)3-4-14/h1-2,6H,3-5,14H2. The summed E-state index contributed by atoms with van der Waals surface area (Å²) in [7, 11) is 0. The van der Waals surface area contributed by atoms with Gasteiger partial charge in [-0.15, -0.1) is 10.2 Å². The number of hydrogen-bond acceptors (Lipinski definition) is 4. The highest BCUT2D eigenvalue weighted by molar-refractivity contribution is 6.30. The minimum Gasteiger partial charge on any atom is -0.425 e. The summed E-state index contributed by atoms with van der Waals surface area (Å²) in [5.74, 6) is 0.461. The lowest BCUT2D eigenvalue weighted by Crippen LogP contribution is -2.02. The molecule has 0 radical (unpaired) electrons. The maximum absolute atomic E-state index is 13.5. The molecule has 0 saturated heterocycles. The van der Waals surface area contributed by atoms with Crippen molar-refractivity contribution in [3.8, 4) is 0 Å². The zero-order valence-corrected chi connectivity index (χ0v) is 9.75. The Morgan fingerprint density at radius 1 is 1.29 bits per heavy atom. The van der Waals surface area contributed by atoms with E-state index in [0.717, 1.165) is 0 Å². The summed E-state index contributed by atoms with van der Waals surface area (Å²) in [4.78, 5) is 0. The highest BCUT2D eigenvalue weighted by Gasteiger charge is 2.09. The monoisotopic (exact) mass is 255 g/mol. The Balaban J connectivity index is 2.13. The summed E-state index contributed by atoms with van der Waals surface area (Å²) in [6.45, 7) is 0.441. The maximum Gasteiger partial charge on any atom is 0.221 e. The van der Waals surface area contributed by atoms with E-state index in [0.29, 0.717) is 35.3 Å². The van der Waals surface area contributed by atoms with Gasteiger partial charge in [-0.3, -0.25) is 0 Å². The van der Waals surface area contributed by atoms with Crippen molar-refractivity contribution in [3.63, 3.8) is 0 Å². The van der Waals surface area contributed by atoms with Gasteiger partial charge in [0.15, 0.2) is 0 Å². The van der Waals surface area contributed by atoms with Crippen LogP contribution in [0.5, 0.6) is 0 Å². The third kappa shape index (κ3) is 3.01. The lowest BCUT2D eigenvalue weighted by molar-refractivity contribution is 0.456. The molecule has 0 aliphatic heterocycles. The Morgan fingerprint density at radius 3 is 2.76 bits per heavy atom. The van der Waals surface area contributed by atoms with Crippen molar-refractivity contribution >= 4 is 11.6 Å². The number of hydrogen-bond donors (Lipinski definition) is 1. The first-order valence-corrected chi connectivity index (χ1v) is 5.52. The van der Waals surface area contributed by atoms with Crippen LogP contribution in [-0.2, 0) is 12.8 Å². The highest BCUT2D eigenvalue weighted by Crippen LogP contribution is 2.17. The maximum atomic E-state index is 13.5. The van der Waals surface area contributed by atoms with Crippen LogP contribution in [0.3, 0.4) is 0 Å². The van der Waals surface area contributed by atoms with Gasteiger partial charge in [-0.1, -0.05) is 17.7 Å². The van der Waals surface area contributed by atoms with Gasteiger partial charge in [0, 0.05) is 18.0 Å². The average molecular weight is 256 g/mol. The van der Waals surface area contributed by atoms with E-state index in [2.05, 4.69) is 10.2 Å². The quantitative estimate of drug-likeness (QED) is 0.907. The first-order chi connectivity index (χ1) is 8.19. The van der Waals surface area contributed by atoms with E-state index in [1.165, 1.54) is 6.07 Å². The lowest BCUT2D eigenvalue weighted by atomic mass is 10.1. The molecule has 0 aliphatic carbocycles. The topological polar surface area (TPSA) is 64.9 Å². The predicted octanol–water partition coefficient (Wildman–Crippen LogP) is 1.95. The minimum absolute atomic E-state index is 0.251. The van der Waals surface area contributed by atoms with Gasteiger partial charge in [-0.2, -0.15) is 0 Å². The Bertz CT molecular complexity index is 515. The second-order valence-corrected chi connectivity index (χ2v) is 3.98. The number of rotatable bonds is 4. The van der Waals surface area contributed by atoms with Crippen molar-refractivity contribution in [2.45, 2.75) is 12.8 Å². The molecule has 4 nitrogen and oxygen atoms in total. The summed E-state index contributed by atoms with van der Waals surface area (Å²) in [6, 6.07) is 4.48. The van der Waals surface area contributed by atoms with Gasteiger partial charge >= 0.3 is 0 Å². The van der Waals surface area contributed by atoms with Crippen LogP contribution in [0.15, 0.2) is 22.6 Å². The molecule has 0 spiro atoms. The molecule has 90 valence electrons. The van der Waals surface area contributed by atoms with Gasteiger partial charge in [0.05, 0.1) is 6.42 Å². The third-order valence-electron chi connectivity index (χ3n) is 2.22. The van der Waals surface area contributed by atoms with Crippen LogP contribution in [0.4, 0.5) is 4.39 Å².